The van der Waals surface area contributed by atoms with Gasteiger partial charge in [-0.15, -0.1) is 0 Å². The summed E-state index contributed by atoms with van der Waals surface area (Å²) in [6.45, 7) is 8.63. The van der Waals surface area contributed by atoms with Crippen LogP contribution in [0.3, 0.4) is 0 Å². The Labute approximate surface area is 229 Å². The van der Waals surface area contributed by atoms with Crippen molar-refractivity contribution in [3.05, 3.63) is 94.6 Å². The second-order valence-electron chi connectivity index (χ2n) is 10.4. The van der Waals surface area contributed by atoms with E-state index in [1.165, 1.54) is 12.0 Å². The van der Waals surface area contributed by atoms with E-state index in [0.717, 1.165) is 11.1 Å². The third-order valence-electron chi connectivity index (χ3n) is 6.88. The van der Waals surface area contributed by atoms with Gasteiger partial charge in [0, 0.05) is 5.56 Å². The molecular weight excluding hydrogens is 494 g/mol. The molecule has 204 valence electrons. The van der Waals surface area contributed by atoms with Crippen molar-refractivity contribution in [2.45, 2.75) is 45.7 Å². The van der Waals surface area contributed by atoms with Crippen LogP contribution in [0.2, 0.25) is 0 Å². The van der Waals surface area contributed by atoms with Crippen molar-refractivity contribution in [2.24, 2.45) is 0 Å². The number of carbonyl (C=O) groups excluding carboxylic acids is 2. The summed E-state index contributed by atoms with van der Waals surface area (Å²) < 4.78 is 16.8. The zero-order chi connectivity index (χ0) is 28.3. The van der Waals surface area contributed by atoms with Gasteiger partial charge >= 0.3 is 0 Å². The Morgan fingerprint density at radius 2 is 1.64 bits per heavy atom. The minimum absolute atomic E-state index is 0.00657. The molecule has 39 heavy (non-hydrogen) atoms. The SMILES string of the molecule is CCOc1cccc(C2/C(=C(\O)c3cc(C(C)(C)C)ccc3OC)C(=O)C(=O)N2Cc2ccccc2OC)c1. The number of likely N-dealkylation sites (tertiary alicyclic amines) is 1. The first-order valence-electron chi connectivity index (χ1n) is 12.9. The van der Waals surface area contributed by atoms with Gasteiger partial charge in [-0.25, -0.2) is 0 Å². The summed E-state index contributed by atoms with van der Waals surface area (Å²) in [7, 11) is 3.07. The number of rotatable bonds is 8. The van der Waals surface area contributed by atoms with Crippen molar-refractivity contribution in [2.75, 3.05) is 20.8 Å². The molecule has 1 unspecified atom stereocenters. The predicted octanol–water partition coefficient (Wildman–Crippen LogP) is 6.02. The Bertz CT molecular complexity index is 1420. The van der Waals surface area contributed by atoms with E-state index in [4.69, 9.17) is 14.2 Å². The van der Waals surface area contributed by atoms with Crippen LogP contribution in [-0.4, -0.2) is 42.5 Å². The maximum Gasteiger partial charge on any atom is 0.295 e. The highest BCUT2D eigenvalue weighted by Crippen LogP contribution is 2.43. The monoisotopic (exact) mass is 529 g/mol. The molecule has 7 heteroatoms. The molecule has 1 amide bonds. The molecule has 0 aromatic heterocycles. The maximum absolute atomic E-state index is 13.6. The van der Waals surface area contributed by atoms with Crippen LogP contribution >= 0.6 is 0 Å². The van der Waals surface area contributed by atoms with Crippen LogP contribution in [0.15, 0.2) is 72.3 Å². The van der Waals surface area contributed by atoms with Crippen LogP contribution in [0.25, 0.3) is 5.76 Å². The molecular formula is C32H35NO6. The quantitative estimate of drug-likeness (QED) is 0.218. The number of para-hydroxylation sites is 1. The predicted molar refractivity (Wildman–Crippen MR) is 150 cm³/mol. The molecule has 0 aliphatic carbocycles. The lowest BCUT2D eigenvalue weighted by atomic mass is 9.85. The number of hydrogen-bond acceptors (Lipinski definition) is 6. The van der Waals surface area contributed by atoms with Gasteiger partial charge in [-0.05, 0) is 53.8 Å². The number of amides is 1. The highest BCUT2D eigenvalue weighted by atomic mass is 16.5. The fourth-order valence-electron chi connectivity index (χ4n) is 4.85. The minimum atomic E-state index is -0.863. The first kappa shape index (κ1) is 27.8. The van der Waals surface area contributed by atoms with Crippen molar-refractivity contribution in [3.63, 3.8) is 0 Å². The number of ether oxygens (including phenoxy) is 3. The summed E-state index contributed by atoms with van der Waals surface area (Å²) in [6.07, 6.45) is 0. The number of methoxy groups -OCH3 is 2. The molecule has 1 atom stereocenters. The topological polar surface area (TPSA) is 85.3 Å². The lowest BCUT2D eigenvalue weighted by Crippen LogP contribution is -2.29. The van der Waals surface area contributed by atoms with Gasteiger partial charge in [0.2, 0.25) is 0 Å². The number of aliphatic hydroxyl groups is 1. The Morgan fingerprint density at radius 1 is 0.923 bits per heavy atom. The average molecular weight is 530 g/mol. The second-order valence-corrected chi connectivity index (χ2v) is 10.4. The van der Waals surface area contributed by atoms with Gasteiger partial charge in [-0.1, -0.05) is 57.2 Å². The van der Waals surface area contributed by atoms with Crippen LogP contribution in [0, 0.1) is 0 Å². The van der Waals surface area contributed by atoms with E-state index in [2.05, 4.69) is 20.8 Å². The fraction of sp³-hybridized carbons (Fsp3) is 0.312. The van der Waals surface area contributed by atoms with E-state index in [1.807, 2.05) is 55.5 Å². The molecule has 1 heterocycles. The van der Waals surface area contributed by atoms with Crippen molar-refractivity contribution in [1.82, 2.24) is 4.90 Å². The van der Waals surface area contributed by atoms with E-state index in [1.54, 1.807) is 25.3 Å². The van der Waals surface area contributed by atoms with E-state index in [-0.39, 0.29) is 23.3 Å². The van der Waals surface area contributed by atoms with Gasteiger partial charge in [0.05, 0.1) is 44.5 Å². The third kappa shape index (κ3) is 5.48. The second kappa shape index (κ2) is 11.2. The number of ketones is 1. The molecule has 3 aromatic rings. The molecule has 1 fully saturated rings. The van der Waals surface area contributed by atoms with Gasteiger partial charge in [0.15, 0.2) is 0 Å². The van der Waals surface area contributed by atoms with Gasteiger partial charge in [-0.2, -0.15) is 0 Å². The zero-order valence-corrected chi connectivity index (χ0v) is 23.3. The van der Waals surface area contributed by atoms with Gasteiger partial charge < -0.3 is 24.2 Å². The third-order valence-corrected chi connectivity index (χ3v) is 6.88. The summed E-state index contributed by atoms with van der Waals surface area (Å²) in [5.74, 6) is -0.160. The number of nitrogens with zero attached hydrogens (tertiary/aromatic N) is 1. The molecule has 7 nitrogen and oxygen atoms in total. The number of aliphatic hydroxyl groups excluding tert-OH is 1. The van der Waals surface area contributed by atoms with Crippen LogP contribution in [0.5, 0.6) is 17.2 Å². The average Bonchev–Trinajstić information content (AvgIpc) is 3.17. The number of carbonyl (C=O) groups is 2. The molecule has 0 spiro atoms. The summed E-state index contributed by atoms with van der Waals surface area (Å²) in [6, 6.07) is 19.2. The van der Waals surface area contributed by atoms with Gasteiger partial charge in [0.1, 0.15) is 23.0 Å². The number of hydrogen-bond donors (Lipinski definition) is 1. The number of benzene rings is 3. The maximum atomic E-state index is 13.6. The fourth-order valence-corrected chi connectivity index (χ4v) is 4.85. The Morgan fingerprint density at radius 3 is 2.31 bits per heavy atom. The highest BCUT2D eigenvalue weighted by molar-refractivity contribution is 6.46. The van der Waals surface area contributed by atoms with Gasteiger partial charge in [0.25, 0.3) is 11.7 Å². The molecule has 3 aromatic carbocycles. The van der Waals surface area contributed by atoms with E-state index < -0.39 is 17.7 Å². The lowest BCUT2D eigenvalue weighted by molar-refractivity contribution is -0.140. The Hall–Kier alpha value is -4.26. The van der Waals surface area contributed by atoms with Crippen molar-refractivity contribution in [1.29, 1.82) is 0 Å². The zero-order valence-electron chi connectivity index (χ0n) is 23.3. The van der Waals surface area contributed by atoms with E-state index >= 15 is 0 Å². The largest absolute Gasteiger partial charge is 0.507 e. The molecule has 0 bridgehead atoms. The van der Waals surface area contributed by atoms with Crippen molar-refractivity contribution >= 4 is 17.4 Å². The molecule has 4 rings (SSSR count). The molecule has 1 N–H and O–H groups in total. The normalized spacial score (nSPS) is 16.9. The minimum Gasteiger partial charge on any atom is -0.507 e. The highest BCUT2D eigenvalue weighted by Gasteiger charge is 2.46. The first-order chi connectivity index (χ1) is 18.6. The molecule has 0 radical (unpaired) electrons. The summed E-state index contributed by atoms with van der Waals surface area (Å²) in [4.78, 5) is 28.7. The molecule has 1 saturated heterocycles. The van der Waals surface area contributed by atoms with Crippen molar-refractivity contribution in [3.8, 4) is 17.2 Å². The van der Waals surface area contributed by atoms with Crippen LogP contribution < -0.4 is 14.2 Å². The first-order valence-corrected chi connectivity index (χ1v) is 12.9. The lowest BCUT2D eigenvalue weighted by Gasteiger charge is -2.27. The summed E-state index contributed by atoms with van der Waals surface area (Å²) in [5.41, 5.74) is 2.45. The van der Waals surface area contributed by atoms with Crippen LogP contribution in [-0.2, 0) is 21.5 Å². The summed E-state index contributed by atoms with van der Waals surface area (Å²) in [5, 5.41) is 11.7. The summed E-state index contributed by atoms with van der Waals surface area (Å²) >= 11 is 0. The van der Waals surface area contributed by atoms with E-state index in [9.17, 15) is 14.7 Å². The van der Waals surface area contributed by atoms with Gasteiger partial charge in [-0.3, -0.25) is 9.59 Å². The number of Topliss-reactive ketones (excluding diaryl/α,β-unsaturated/α-hetero) is 1. The molecule has 1 aliphatic heterocycles. The van der Waals surface area contributed by atoms with Crippen LogP contribution in [0.1, 0.15) is 56.0 Å². The standard InChI is InChI=1S/C32H35NO6/c1-7-39-23-13-10-12-20(17-23)28-27(29(34)24-18-22(32(2,3)4)15-16-26(24)38-6)30(35)31(36)33(28)19-21-11-8-9-14-25(21)37-5/h8-18,28,34H,7,19H2,1-6H3/b29-27+. The smallest absolute Gasteiger partial charge is 0.295 e. The van der Waals surface area contributed by atoms with E-state index in [0.29, 0.717) is 35.0 Å². The van der Waals surface area contributed by atoms with Crippen LogP contribution in [0.4, 0.5) is 0 Å². The molecule has 0 saturated carbocycles. The van der Waals surface area contributed by atoms with Crippen molar-refractivity contribution < 1.29 is 28.9 Å². The Kier molecular flexibility index (Phi) is 8.00. The molecule has 1 aliphatic rings. The Balaban J connectivity index is 1.95.